The van der Waals surface area contributed by atoms with Crippen LogP contribution in [0.3, 0.4) is 0 Å². The van der Waals surface area contributed by atoms with Crippen LogP contribution in [0.5, 0.6) is 0 Å². The number of hydrogen-bond acceptors (Lipinski definition) is 7. The van der Waals surface area contributed by atoms with Crippen LogP contribution in [0.4, 0.5) is 10.5 Å². The Hall–Kier alpha value is -2.90. The lowest BCUT2D eigenvalue weighted by molar-refractivity contribution is -0.120. The Morgan fingerprint density at radius 1 is 1.15 bits per heavy atom. The van der Waals surface area contributed by atoms with E-state index in [9.17, 15) is 9.59 Å². The molecule has 11 heteroatoms. The average molecular weight is 603 g/mol. The summed E-state index contributed by atoms with van der Waals surface area (Å²) in [7, 11) is 1.26. The lowest BCUT2D eigenvalue weighted by atomic mass is 9.95. The van der Waals surface area contributed by atoms with Crippen molar-refractivity contribution in [3.05, 3.63) is 50.1 Å². The Morgan fingerprint density at radius 3 is 2.60 bits per heavy atom. The Kier molecular flexibility index (Phi) is 11.0. The number of carbonyl (C=O) groups excluding carboxylic acids is 2. The van der Waals surface area contributed by atoms with Crippen molar-refractivity contribution in [3.63, 3.8) is 0 Å². The van der Waals surface area contributed by atoms with E-state index in [0.29, 0.717) is 32.2 Å². The minimum absolute atomic E-state index is 0.0794. The molecule has 2 aliphatic rings. The van der Waals surface area contributed by atoms with E-state index >= 15 is 0 Å². The number of alkyl carbamates (subject to hydrolysis) is 1. The molecule has 0 bridgehead atoms. The summed E-state index contributed by atoms with van der Waals surface area (Å²) in [6.07, 6.45) is 7.06. The predicted molar refractivity (Wildman–Crippen MR) is 161 cm³/mol. The number of benzene rings is 1. The van der Waals surface area contributed by atoms with Gasteiger partial charge in [-0.25, -0.2) is 14.8 Å². The molecular formula is C29H33Cl2N5O3S. The summed E-state index contributed by atoms with van der Waals surface area (Å²) in [5.41, 5.74) is 3.46. The number of piperidine rings is 1. The molecule has 212 valence electrons. The summed E-state index contributed by atoms with van der Waals surface area (Å²) >= 11 is 14.0. The van der Waals surface area contributed by atoms with Crippen LogP contribution >= 0.6 is 34.5 Å². The maximum absolute atomic E-state index is 13.3. The molecule has 4 rings (SSSR count). The second-order valence-electron chi connectivity index (χ2n) is 9.83. The first kappa shape index (κ1) is 30.1. The number of carbonyl (C=O) groups is 2. The largest absolute Gasteiger partial charge is 0.453 e. The van der Waals surface area contributed by atoms with Gasteiger partial charge in [-0.3, -0.25) is 15.6 Å². The number of amides is 2. The molecule has 8 nitrogen and oxygen atoms in total. The molecular weight excluding hydrogens is 569 g/mol. The van der Waals surface area contributed by atoms with Crippen molar-refractivity contribution >= 4 is 63.6 Å². The standard InChI is InChI=1S/C29H33Cl2N5O3S/c1-39-29(38)33-18-22(26(32)28(37)35-36-15-5-2-6-16-36)27(34-24-13-10-20(30)17-23(24)31)25-14-12-21(40-25)11-9-19-7-3-4-8-19/h10,12-14,17,19,22,32H,2-8,15-16,18H2,1H3,(H,33,38)(H,35,37). The van der Waals surface area contributed by atoms with Crippen molar-refractivity contribution in [1.29, 1.82) is 5.41 Å². The summed E-state index contributed by atoms with van der Waals surface area (Å²) in [4.78, 5) is 31.7. The molecule has 2 amide bonds. The average Bonchev–Trinajstić information content (AvgIpc) is 3.65. The van der Waals surface area contributed by atoms with E-state index in [1.807, 2.05) is 17.1 Å². The number of ether oxygens (including phenoxy) is 1. The number of thiophene rings is 1. The number of hydrogen-bond donors (Lipinski definition) is 3. The van der Waals surface area contributed by atoms with E-state index in [0.717, 1.165) is 50.1 Å². The molecule has 1 aromatic heterocycles. The first-order valence-corrected chi connectivity index (χ1v) is 15.0. The highest BCUT2D eigenvalue weighted by atomic mass is 35.5. The van der Waals surface area contributed by atoms with Gasteiger partial charge < -0.3 is 10.1 Å². The fraction of sp³-hybridized carbons (Fsp3) is 0.448. The zero-order chi connectivity index (χ0) is 28.5. The van der Waals surface area contributed by atoms with Gasteiger partial charge in [0.15, 0.2) is 0 Å². The Balaban J connectivity index is 1.71. The van der Waals surface area contributed by atoms with E-state index in [4.69, 9.17) is 38.3 Å². The third-order valence-electron chi connectivity index (χ3n) is 6.94. The first-order valence-electron chi connectivity index (χ1n) is 13.5. The van der Waals surface area contributed by atoms with Crippen LogP contribution in [0.2, 0.25) is 10.0 Å². The van der Waals surface area contributed by atoms with Crippen molar-refractivity contribution < 1.29 is 14.3 Å². The molecule has 1 saturated heterocycles. The molecule has 1 unspecified atom stereocenters. The van der Waals surface area contributed by atoms with Crippen molar-refractivity contribution in [2.75, 3.05) is 26.7 Å². The van der Waals surface area contributed by atoms with Crippen LogP contribution in [-0.2, 0) is 9.53 Å². The molecule has 1 atom stereocenters. The van der Waals surface area contributed by atoms with E-state index in [-0.39, 0.29) is 12.3 Å². The topological polar surface area (TPSA) is 107 Å². The second-order valence-corrected chi connectivity index (χ2v) is 11.8. The minimum atomic E-state index is -0.898. The second kappa shape index (κ2) is 14.6. The zero-order valence-electron chi connectivity index (χ0n) is 22.4. The van der Waals surface area contributed by atoms with Gasteiger partial charge in [-0.15, -0.1) is 11.3 Å². The van der Waals surface area contributed by atoms with Gasteiger partial charge in [0.25, 0.3) is 5.91 Å². The summed E-state index contributed by atoms with van der Waals surface area (Å²) in [6, 6.07) is 8.74. The normalized spacial score (nSPS) is 17.0. The number of rotatable bonds is 8. The van der Waals surface area contributed by atoms with E-state index in [2.05, 4.69) is 22.6 Å². The van der Waals surface area contributed by atoms with Crippen LogP contribution in [0, 0.1) is 29.1 Å². The van der Waals surface area contributed by atoms with Gasteiger partial charge >= 0.3 is 6.09 Å². The van der Waals surface area contributed by atoms with Crippen molar-refractivity contribution in [3.8, 4) is 11.8 Å². The minimum Gasteiger partial charge on any atom is -0.453 e. The smallest absolute Gasteiger partial charge is 0.406 e. The van der Waals surface area contributed by atoms with E-state index in [1.54, 1.807) is 18.2 Å². The quantitative estimate of drug-likeness (QED) is 0.246. The highest BCUT2D eigenvalue weighted by molar-refractivity contribution is 7.14. The molecule has 2 fully saturated rings. The molecule has 0 spiro atoms. The molecule has 2 aromatic rings. The molecule has 1 aliphatic carbocycles. The lowest BCUT2D eigenvalue weighted by Gasteiger charge is -2.28. The molecule has 1 saturated carbocycles. The van der Waals surface area contributed by atoms with Crippen molar-refractivity contribution in [1.82, 2.24) is 15.8 Å². The lowest BCUT2D eigenvalue weighted by Crippen LogP contribution is -2.51. The number of nitrogens with one attached hydrogen (secondary N) is 3. The first-order chi connectivity index (χ1) is 19.3. The van der Waals surface area contributed by atoms with Crippen LogP contribution in [0.15, 0.2) is 35.3 Å². The molecule has 3 N–H and O–H groups in total. The van der Waals surface area contributed by atoms with Gasteiger partial charge in [-0.05, 0) is 56.0 Å². The Morgan fingerprint density at radius 2 is 1.90 bits per heavy atom. The van der Waals surface area contributed by atoms with E-state index in [1.165, 1.54) is 31.3 Å². The molecule has 40 heavy (non-hydrogen) atoms. The fourth-order valence-corrected chi connectivity index (χ4v) is 6.12. The number of aliphatic imine (C=N–C) groups is 1. The van der Waals surface area contributed by atoms with Crippen molar-refractivity contribution in [2.24, 2.45) is 16.8 Å². The highest BCUT2D eigenvalue weighted by Gasteiger charge is 2.30. The van der Waals surface area contributed by atoms with Crippen LogP contribution in [0.1, 0.15) is 54.7 Å². The van der Waals surface area contributed by atoms with Gasteiger partial charge in [0, 0.05) is 30.6 Å². The van der Waals surface area contributed by atoms with Gasteiger partial charge in [-0.2, -0.15) is 0 Å². The number of methoxy groups -OCH3 is 1. The molecule has 0 radical (unpaired) electrons. The summed E-state index contributed by atoms with van der Waals surface area (Å²) in [5, 5.41) is 14.2. The number of halogens is 2. The summed E-state index contributed by atoms with van der Waals surface area (Å²) in [5.74, 6) is 5.63. The third kappa shape index (κ3) is 8.31. The summed E-state index contributed by atoms with van der Waals surface area (Å²) in [6.45, 7) is 1.36. The Labute approximate surface area is 249 Å². The zero-order valence-corrected chi connectivity index (χ0v) is 24.7. The van der Waals surface area contributed by atoms with Gasteiger partial charge in [0.1, 0.15) is 5.71 Å². The fourth-order valence-electron chi connectivity index (χ4n) is 4.75. The highest BCUT2D eigenvalue weighted by Crippen LogP contribution is 2.31. The maximum atomic E-state index is 13.3. The Bertz CT molecular complexity index is 1320. The SMILES string of the molecule is COC(=O)NCC(C(=N)C(=O)NN1CCCCC1)C(=Nc1ccc(Cl)cc1Cl)c1ccc(C#CC2CCCC2)s1. The van der Waals surface area contributed by atoms with Crippen LogP contribution < -0.4 is 10.7 Å². The van der Waals surface area contributed by atoms with Crippen molar-refractivity contribution in [2.45, 2.75) is 44.9 Å². The molecule has 1 aliphatic heterocycles. The van der Waals surface area contributed by atoms with E-state index < -0.39 is 17.9 Å². The summed E-state index contributed by atoms with van der Waals surface area (Å²) < 4.78 is 4.76. The van der Waals surface area contributed by atoms with Crippen LogP contribution in [-0.4, -0.2) is 55.2 Å². The predicted octanol–water partition coefficient (Wildman–Crippen LogP) is 6.23. The number of nitrogens with zero attached hydrogens (tertiary/aromatic N) is 2. The third-order valence-corrected chi connectivity index (χ3v) is 8.50. The van der Waals surface area contributed by atoms with Gasteiger partial charge in [0.2, 0.25) is 0 Å². The maximum Gasteiger partial charge on any atom is 0.406 e. The number of hydrazine groups is 1. The van der Waals surface area contributed by atoms with Crippen LogP contribution in [0.25, 0.3) is 0 Å². The van der Waals surface area contributed by atoms with Gasteiger partial charge in [0.05, 0.1) is 39.2 Å². The monoisotopic (exact) mass is 601 g/mol. The van der Waals surface area contributed by atoms with Gasteiger partial charge in [-0.1, -0.05) is 54.3 Å². The molecule has 1 aromatic carbocycles. The molecule has 2 heterocycles.